The van der Waals surface area contributed by atoms with Gasteiger partial charge in [0.05, 0.1) is 0 Å². The molecule has 2 aromatic heterocycles. The van der Waals surface area contributed by atoms with Gasteiger partial charge in [-0.15, -0.1) is 0 Å². The van der Waals surface area contributed by atoms with Crippen LogP contribution in [-0.2, 0) is 4.79 Å². The number of halogens is 1. The van der Waals surface area contributed by atoms with Crippen LogP contribution >= 0.6 is 11.6 Å². The molecule has 1 saturated heterocycles. The standard InChI is InChI=1S/C12H14ClN7O/c1-12(2)8(21)14-5-7-19(12)10-16-9(13)17-11(18-10)20-6-3-4-15-20/h3-4,6H,5,7H2,1-2H3,(H,14,21). The van der Waals surface area contributed by atoms with Crippen molar-refractivity contribution in [2.24, 2.45) is 0 Å². The Labute approximate surface area is 126 Å². The number of anilines is 1. The van der Waals surface area contributed by atoms with Gasteiger partial charge in [-0.3, -0.25) is 4.79 Å². The Balaban J connectivity index is 2.04. The smallest absolute Gasteiger partial charge is 0.256 e. The summed E-state index contributed by atoms with van der Waals surface area (Å²) < 4.78 is 1.49. The summed E-state index contributed by atoms with van der Waals surface area (Å²) in [5.74, 6) is 0.600. The fourth-order valence-corrected chi connectivity index (χ4v) is 2.34. The third kappa shape index (κ3) is 2.42. The van der Waals surface area contributed by atoms with Gasteiger partial charge in [0.25, 0.3) is 5.95 Å². The summed E-state index contributed by atoms with van der Waals surface area (Å²) >= 11 is 5.99. The van der Waals surface area contributed by atoms with Crippen molar-refractivity contribution in [2.45, 2.75) is 19.4 Å². The normalized spacial score (nSPS) is 17.7. The van der Waals surface area contributed by atoms with E-state index in [1.165, 1.54) is 4.68 Å². The lowest BCUT2D eigenvalue weighted by Crippen LogP contribution is -2.62. The first kappa shape index (κ1) is 13.7. The van der Waals surface area contributed by atoms with Crippen LogP contribution in [0.4, 0.5) is 5.95 Å². The van der Waals surface area contributed by atoms with Gasteiger partial charge in [0.1, 0.15) is 5.54 Å². The van der Waals surface area contributed by atoms with E-state index in [9.17, 15) is 4.79 Å². The van der Waals surface area contributed by atoms with Crippen LogP contribution in [0, 0.1) is 0 Å². The Kier molecular flexibility index (Phi) is 3.25. The van der Waals surface area contributed by atoms with E-state index < -0.39 is 5.54 Å². The number of carbonyl (C=O) groups is 1. The van der Waals surface area contributed by atoms with E-state index in [0.717, 1.165) is 0 Å². The van der Waals surface area contributed by atoms with E-state index in [0.29, 0.717) is 25.0 Å². The molecule has 8 nitrogen and oxygen atoms in total. The van der Waals surface area contributed by atoms with Gasteiger partial charge in [-0.05, 0) is 31.5 Å². The SMILES string of the molecule is CC1(C)C(=O)NCCN1c1nc(Cl)nc(-n2cccn2)n1. The molecule has 0 unspecified atom stereocenters. The number of nitrogens with one attached hydrogen (secondary N) is 1. The first-order chi connectivity index (χ1) is 9.98. The number of nitrogens with zero attached hydrogens (tertiary/aromatic N) is 6. The molecule has 3 heterocycles. The van der Waals surface area contributed by atoms with E-state index in [2.05, 4.69) is 25.4 Å². The van der Waals surface area contributed by atoms with Crippen molar-refractivity contribution < 1.29 is 4.79 Å². The molecular weight excluding hydrogens is 294 g/mol. The van der Waals surface area contributed by atoms with E-state index >= 15 is 0 Å². The van der Waals surface area contributed by atoms with Crippen molar-refractivity contribution in [1.82, 2.24) is 30.0 Å². The molecule has 0 bridgehead atoms. The highest BCUT2D eigenvalue weighted by atomic mass is 35.5. The van der Waals surface area contributed by atoms with Crippen molar-refractivity contribution in [2.75, 3.05) is 18.0 Å². The van der Waals surface area contributed by atoms with Crippen LogP contribution in [0.15, 0.2) is 18.5 Å². The maximum atomic E-state index is 12.0. The Morgan fingerprint density at radius 3 is 2.76 bits per heavy atom. The van der Waals surface area contributed by atoms with Crippen molar-refractivity contribution in [1.29, 1.82) is 0 Å². The van der Waals surface area contributed by atoms with Crippen LogP contribution in [0.1, 0.15) is 13.8 Å². The van der Waals surface area contributed by atoms with Crippen LogP contribution in [0.3, 0.4) is 0 Å². The maximum absolute atomic E-state index is 12.0. The average Bonchev–Trinajstić information content (AvgIpc) is 2.95. The molecule has 1 N–H and O–H groups in total. The quantitative estimate of drug-likeness (QED) is 0.865. The fourth-order valence-electron chi connectivity index (χ4n) is 2.19. The second kappa shape index (κ2) is 4.96. The topological polar surface area (TPSA) is 88.8 Å². The second-order valence-electron chi connectivity index (χ2n) is 5.12. The van der Waals surface area contributed by atoms with Gasteiger partial charge in [0.2, 0.25) is 17.1 Å². The third-order valence-corrected chi connectivity index (χ3v) is 3.56. The number of rotatable bonds is 2. The Morgan fingerprint density at radius 2 is 2.05 bits per heavy atom. The summed E-state index contributed by atoms with van der Waals surface area (Å²) in [7, 11) is 0. The summed E-state index contributed by atoms with van der Waals surface area (Å²) in [6, 6.07) is 1.76. The number of aromatic nitrogens is 5. The highest BCUT2D eigenvalue weighted by Crippen LogP contribution is 2.24. The Hall–Kier alpha value is -2.22. The van der Waals surface area contributed by atoms with Crippen LogP contribution in [0.5, 0.6) is 0 Å². The van der Waals surface area contributed by atoms with Crippen molar-refractivity contribution >= 4 is 23.5 Å². The molecular formula is C12H14ClN7O. The number of hydrogen-bond acceptors (Lipinski definition) is 6. The fraction of sp³-hybridized carbons (Fsp3) is 0.417. The minimum Gasteiger partial charge on any atom is -0.352 e. The molecule has 0 radical (unpaired) electrons. The minimum atomic E-state index is -0.760. The van der Waals surface area contributed by atoms with Gasteiger partial charge in [-0.1, -0.05) is 0 Å². The molecule has 0 aromatic carbocycles. The second-order valence-corrected chi connectivity index (χ2v) is 5.46. The zero-order chi connectivity index (χ0) is 15.0. The maximum Gasteiger partial charge on any atom is 0.256 e. The van der Waals surface area contributed by atoms with Gasteiger partial charge in [0.15, 0.2) is 0 Å². The number of carbonyl (C=O) groups excluding carboxylic acids is 1. The van der Waals surface area contributed by atoms with Crippen LogP contribution in [-0.4, -0.2) is 49.3 Å². The largest absolute Gasteiger partial charge is 0.352 e. The lowest BCUT2D eigenvalue weighted by atomic mass is 10.00. The number of amides is 1. The molecule has 1 fully saturated rings. The summed E-state index contributed by atoms with van der Waals surface area (Å²) in [4.78, 5) is 26.4. The summed E-state index contributed by atoms with van der Waals surface area (Å²) in [5, 5.41) is 6.96. The third-order valence-electron chi connectivity index (χ3n) is 3.39. The lowest BCUT2D eigenvalue weighted by Gasteiger charge is -2.41. The van der Waals surface area contributed by atoms with E-state index in [4.69, 9.17) is 11.6 Å². The van der Waals surface area contributed by atoms with Gasteiger partial charge < -0.3 is 10.2 Å². The predicted molar refractivity (Wildman–Crippen MR) is 76.4 cm³/mol. The first-order valence-electron chi connectivity index (χ1n) is 6.46. The van der Waals surface area contributed by atoms with Gasteiger partial charge in [-0.2, -0.15) is 20.1 Å². The summed E-state index contributed by atoms with van der Waals surface area (Å²) in [6.07, 6.45) is 3.33. The molecule has 0 saturated carbocycles. The zero-order valence-electron chi connectivity index (χ0n) is 11.6. The molecule has 1 amide bonds. The van der Waals surface area contributed by atoms with Crippen LogP contribution < -0.4 is 10.2 Å². The first-order valence-corrected chi connectivity index (χ1v) is 6.84. The zero-order valence-corrected chi connectivity index (χ0v) is 12.4. The van der Waals surface area contributed by atoms with Gasteiger partial charge in [0, 0.05) is 25.5 Å². The molecule has 2 aromatic rings. The Bertz CT molecular complexity index is 670. The molecule has 0 aliphatic carbocycles. The van der Waals surface area contributed by atoms with Gasteiger partial charge in [-0.25, -0.2) is 4.68 Å². The molecule has 9 heteroatoms. The van der Waals surface area contributed by atoms with Crippen LogP contribution in [0.2, 0.25) is 5.28 Å². The monoisotopic (exact) mass is 307 g/mol. The number of piperazine rings is 1. The predicted octanol–water partition coefficient (Wildman–Crippen LogP) is 0.425. The van der Waals surface area contributed by atoms with Crippen molar-refractivity contribution in [3.63, 3.8) is 0 Å². The van der Waals surface area contributed by atoms with E-state index in [1.807, 2.05) is 18.7 Å². The highest BCUT2D eigenvalue weighted by Gasteiger charge is 2.39. The van der Waals surface area contributed by atoms with Crippen molar-refractivity contribution in [3.8, 4) is 5.95 Å². The molecule has 110 valence electrons. The lowest BCUT2D eigenvalue weighted by molar-refractivity contribution is -0.126. The van der Waals surface area contributed by atoms with E-state index in [1.54, 1.807) is 18.5 Å². The number of hydrogen-bond donors (Lipinski definition) is 1. The average molecular weight is 308 g/mol. The molecule has 1 aliphatic heterocycles. The highest BCUT2D eigenvalue weighted by molar-refractivity contribution is 6.28. The summed E-state index contributed by atoms with van der Waals surface area (Å²) in [5.41, 5.74) is -0.760. The minimum absolute atomic E-state index is 0.0623. The van der Waals surface area contributed by atoms with Gasteiger partial charge >= 0.3 is 0 Å². The summed E-state index contributed by atoms with van der Waals surface area (Å²) in [6.45, 7) is 4.75. The molecule has 0 atom stereocenters. The Morgan fingerprint density at radius 1 is 1.29 bits per heavy atom. The molecule has 0 spiro atoms. The molecule has 3 rings (SSSR count). The van der Waals surface area contributed by atoms with Crippen molar-refractivity contribution in [3.05, 3.63) is 23.7 Å². The molecule has 1 aliphatic rings. The van der Waals surface area contributed by atoms with Crippen LogP contribution in [0.25, 0.3) is 5.95 Å². The molecule has 21 heavy (non-hydrogen) atoms. The van der Waals surface area contributed by atoms with E-state index in [-0.39, 0.29) is 11.2 Å².